The fourth-order valence-electron chi connectivity index (χ4n) is 3.24. The summed E-state index contributed by atoms with van der Waals surface area (Å²) in [6.07, 6.45) is 2.05. The summed E-state index contributed by atoms with van der Waals surface area (Å²) in [4.78, 5) is 0. The predicted molar refractivity (Wildman–Crippen MR) is 85.3 cm³/mol. The molecule has 2 N–H and O–H groups in total. The largest absolute Gasteiger partial charge is 0.508 e. The van der Waals surface area contributed by atoms with E-state index in [1.165, 1.54) is 11.1 Å². The molecule has 0 heterocycles. The van der Waals surface area contributed by atoms with Crippen molar-refractivity contribution >= 4 is 5.69 Å². The average Bonchev–Trinajstić information content (AvgIpc) is 2.85. The normalized spacial score (nSPS) is 16.6. The molecule has 21 heavy (non-hydrogen) atoms. The molecule has 0 amide bonds. The Hall–Kier alpha value is -2.16. The Morgan fingerprint density at radius 3 is 2.76 bits per heavy atom. The van der Waals surface area contributed by atoms with Crippen LogP contribution in [0.1, 0.15) is 34.7 Å². The highest BCUT2D eigenvalue weighted by molar-refractivity contribution is 5.61. The van der Waals surface area contributed by atoms with Gasteiger partial charge in [-0.2, -0.15) is 0 Å². The number of nitrogens with one attached hydrogen (secondary N) is 1. The average molecular weight is 283 g/mol. The van der Waals surface area contributed by atoms with Crippen LogP contribution in [0.15, 0.2) is 30.3 Å². The fourth-order valence-corrected chi connectivity index (χ4v) is 3.24. The predicted octanol–water partition coefficient (Wildman–Crippen LogP) is 4.12. The van der Waals surface area contributed by atoms with Crippen LogP contribution in [0.3, 0.4) is 0 Å². The molecule has 3 heteroatoms. The molecule has 0 fully saturated rings. The smallest absolute Gasteiger partial charge is 0.126 e. The number of aromatic hydroxyl groups is 1. The number of methoxy groups -OCH3 is 1. The van der Waals surface area contributed by atoms with Gasteiger partial charge in [-0.15, -0.1) is 0 Å². The van der Waals surface area contributed by atoms with Crippen LogP contribution in [0.2, 0.25) is 0 Å². The maximum Gasteiger partial charge on any atom is 0.126 e. The number of benzene rings is 2. The number of hydrogen-bond acceptors (Lipinski definition) is 3. The van der Waals surface area contributed by atoms with Crippen LogP contribution >= 0.6 is 0 Å². The number of rotatable bonds is 3. The van der Waals surface area contributed by atoms with E-state index in [0.717, 1.165) is 35.4 Å². The van der Waals surface area contributed by atoms with Gasteiger partial charge < -0.3 is 15.2 Å². The van der Waals surface area contributed by atoms with Crippen LogP contribution in [0.25, 0.3) is 0 Å². The lowest BCUT2D eigenvalue weighted by Gasteiger charge is -2.20. The van der Waals surface area contributed by atoms with Gasteiger partial charge in [-0.1, -0.05) is 12.1 Å². The molecule has 2 aromatic carbocycles. The van der Waals surface area contributed by atoms with Crippen LogP contribution in [0.5, 0.6) is 11.5 Å². The van der Waals surface area contributed by atoms with E-state index in [2.05, 4.69) is 31.3 Å². The molecule has 3 rings (SSSR count). The van der Waals surface area contributed by atoms with Crippen molar-refractivity contribution in [1.82, 2.24) is 0 Å². The van der Waals surface area contributed by atoms with Crippen molar-refractivity contribution < 1.29 is 9.84 Å². The van der Waals surface area contributed by atoms with Crippen LogP contribution in [-0.4, -0.2) is 12.2 Å². The summed E-state index contributed by atoms with van der Waals surface area (Å²) in [5.41, 5.74) is 5.93. The van der Waals surface area contributed by atoms with Crippen molar-refractivity contribution in [3.05, 3.63) is 52.6 Å². The Kier molecular flexibility index (Phi) is 3.50. The van der Waals surface area contributed by atoms with Crippen LogP contribution < -0.4 is 10.1 Å². The second-order valence-electron chi connectivity index (χ2n) is 5.71. The lowest BCUT2D eigenvalue weighted by Crippen LogP contribution is -2.09. The van der Waals surface area contributed by atoms with E-state index in [1.54, 1.807) is 13.2 Å². The number of fused-ring (bicyclic) bond motifs is 1. The molecule has 1 aliphatic rings. The van der Waals surface area contributed by atoms with Crippen LogP contribution in [0.4, 0.5) is 5.69 Å². The molecule has 0 aromatic heterocycles. The van der Waals surface area contributed by atoms with Gasteiger partial charge in [0.05, 0.1) is 13.2 Å². The lowest BCUT2D eigenvalue weighted by molar-refractivity contribution is 0.409. The number of phenolic OH excluding ortho intramolecular Hbond substituents is 1. The molecule has 1 aliphatic carbocycles. The number of anilines is 1. The molecule has 0 radical (unpaired) electrons. The van der Waals surface area contributed by atoms with E-state index < -0.39 is 0 Å². The van der Waals surface area contributed by atoms with Crippen molar-refractivity contribution in [2.75, 3.05) is 12.4 Å². The minimum atomic E-state index is 0.298. The summed E-state index contributed by atoms with van der Waals surface area (Å²) in [5.74, 6) is 1.30. The summed E-state index contributed by atoms with van der Waals surface area (Å²) in [5, 5.41) is 13.2. The topological polar surface area (TPSA) is 41.5 Å². The lowest BCUT2D eigenvalue weighted by atomic mass is 10.0. The van der Waals surface area contributed by atoms with E-state index in [9.17, 15) is 5.11 Å². The highest BCUT2D eigenvalue weighted by Gasteiger charge is 2.23. The van der Waals surface area contributed by atoms with Crippen molar-refractivity contribution in [3.8, 4) is 11.5 Å². The third-order valence-corrected chi connectivity index (χ3v) is 4.34. The molecular formula is C18H21NO2. The van der Waals surface area contributed by atoms with E-state index >= 15 is 0 Å². The van der Waals surface area contributed by atoms with Crippen LogP contribution in [-0.2, 0) is 6.42 Å². The standard InChI is InChI=1S/C18H21NO2/c1-11-4-8-16(12(2)18(11)21-3)19-17-9-5-13-10-14(20)6-7-15(13)17/h4,6-8,10,17,19-20H,5,9H2,1-3H3. The quantitative estimate of drug-likeness (QED) is 0.890. The third kappa shape index (κ3) is 2.44. The number of aryl methyl sites for hydroxylation is 2. The first kappa shape index (κ1) is 13.8. The van der Waals surface area contributed by atoms with Gasteiger partial charge in [-0.05, 0) is 61.6 Å². The SMILES string of the molecule is COc1c(C)ccc(NC2CCc3cc(O)ccc32)c1C. The van der Waals surface area contributed by atoms with E-state index in [-0.39, 0.29) is 0 Å². The summed E-state index contributed by atoms with van der Waals surface area (Å²) < 4.78 is 5.49. The summed E-state index contributed by atoms with van der Waals surface area (Å²) >= 11 is 0. The Morgan fingerprint density at radius 1 is 1.19 bits per heavy atom. The zero-order chi connectivity index (χ0) is 15.0. The minimum absolute atomic E-state index is 0.298. The van der Waals surface area contributed by atoms with Gasteiger partial charge in [0.15, 0.2) is 0 Å². The molecule has 0 aliphatic heterocycles. The van der Waals surface area contributed by atoms with Gasteiger partial charge in [0.2, 0.25) is 0 Å². The van der Waals surface area contributed by atoms with Gasteiger partial charge in [0.1, 0.15) is 11.5 Å². The first-order valence-electron chi connectivity index (χ1n) is 7.32. The maximum absolute atomic E-state index is 9.58. The number of ether oxygens (including phenoxy) is 1. The molecule has 3 nitrogen and oxygen atoms in total. The van der Waals surface area contributed by atoms with Gasteiger partial charge >= 0.3 is 0 Å². The Labute approximate surface area is 125 Å². The first-order chi connectivity index (χ1) is 10.1. The molecule has 110 valence electrons. The molecule has 0 saturated heterocycles. The van der Waals surface area contributed by atoms with Crippen molar-refractivity contribution in [2.24, 2.45) is 0 Å². The Balaban J connectivity index is 1.90. The fraction of sp³-hybridized carbons (Fsp3) is 0.333. The van der Waals surface area contributed by atoms with E-state index in [0.29, 0.717) is 11.8 Å². The molecule has 0 saturated carbocycles. The molecular weight excluding hydrogens is 262 g/mol. The minimum Gasteiger partial charge on any atom is -0.508 e. The summed E-state index contributed by atoms with van der Waals surface area (Å²) in [6, 6.07) is 10.2. The van der Waals surface area contributed by atoms with E-state index in [1.807, 2.05) is 12.1 Å². The van der Waals surface area contributed by atoms with Gasteiger partial charge in [0, 0.05) is 11.3 Å². The van der Waals surface area contributed by atoms with Gasteiger partial charge in [0.25, 0.3) is 0 Å². The molecule has 1 unspecified atom stereocenters. The highest BCUT2D eigenvalue weighted by Crippen LogP contribution is 2.38. The second-order valence-corrected chi connectivity index (χ2v) is 5.71. The van der Waals surface area contributed by atoms with E-state index in [4.69, 9.17) is 4.74 Å². The van der Waals surface area contributed by atoms with Gasteiger partial charge in [-0.3, -0.25) is 0 Å². The monoisotopic (exact) mass is 283 g/mol. The number of phenols is 1. The molecule has 0 spiro atoms. The van der Waals surface area contributed by atoms with Crippen LogP contribution in [0, 0.1) is 13.8 Å². The zero-order valence-electron chi connectivity index (χ0n) is 12.7. The summed E-state index contributed by atoms with van der Waals surface area (Å²) in [7, 11) is 1.72. The molecule has 2 aromatic rings. The molecule has 0 bridgehead atoms. The zero-order valence-corrected chi connectivity index (χ0v) is 12.7. The number of hydrogen-bond donors (Lipinski definition) is 2. The van der Waals surface area contributed by atoms with Gasteiger partial charge in [-0.25, -0.2) is 0 Å². The van der Waals surface area contributed by atoms with Crippen molar-refractivity contribution in [2.45, 2.75) is 32.7 Å². The third-order valence-electron chi connectivity index (χ3n) is 4.34. The second kappa shape index (κ2) is 5.32. The Morgan fingerprint density at radius 2 is 2.00 bits per heavy atom. The molecule has 1 atom stereocenters. The Bertz CT molecular complexity index is 679. The summed E-state index contributed by atoms with van der Waals surface area (Å²) in [6.45, 7) is 4.14. The van der Waals surface area contributed by atoms with Crippen molar-refractivity contribution in [3.63, 3.8) is 0 Å². The highest BCUT2D eigenvalue weighted by atomic mass is 16.5. The first-order valence-corrected chi connectivity index (χ1v) is 7.32. The maximum atomic E-state index is 9.58. The van der Waals surface area contributed by atoms with Crippen molar-refractivity contribution in [1.29, 1.82) is 0 Å².